The maximum Gasteiger partial charge on any atom is 0.141 e. The summed E-state index contributed by atoms with van der Waals surface area (Å²) in [6.07, 6.45) is 4.77. The zero-order valence-electron chi connectivity index (χ0n) is 8.95. The van der Waals surface area contributed by atoms with Crippen molar-refractivity contribution in [3.63, 3.8) is 0 Å². The first-order chi connectivity index (χ1) is 7.90. The van der Waals surface area contributed by atoms with Crippen LogP contribution in [0.15, 0.2) is 42.0 Å². The highest BCUT2D eigenvalue weighted by Gasteiger charge is 1.98. The van der Waals surface area contributed by atoms with Gasteiger partial charge in [-0.25, -0.2) is 4.68 Å². The summed E-state index contributed by atoms with van der Waals surface area (Å²) in [6.45, 7) is 2.59. The van der Waals surface area contributed by atoms with Crippen LogP contribution in [-0.4, -0.2) is 27.7 Å². The van der Waals surface area contributed by atoms with Crippen molar-refractivity contribution in [3.05, 3.63) is 42.5 Å². The van der Waals surface area contributed by atoms with E-state index >= 15 is 0 Å². The van der Waals surface area contributed by atoms with Crippen molar-refractivity contribution in [1.29, 1.82) is 0 Å². The van der Waals surface area contributed by atoms with Crippen LogP contribution in [0.1, 0.15) is 12.5 Å². The lowest BCUT2D eigenvalue weighted by molar-refractivity contribution is 0.340. The first kappa shape index (κ1) is 10.4. The van der Waals surface area contributed by atoms with Gasteiger partial charge in [-0.1, -0.05) is 12.1 Å². The average molecular weight is 216 g/mol. The summed E-state index contributed by atoms with van der Waals surface area (Å²) in [5, 5.41) is 11.5. The molecular formula is C11H12N4O. The second kappa shape index (κ2) is 5.06. The molecule has 2 rings (SSSR count). The lowest BCUT2D eigenvalue weighted by Gasteiger charge is -2.05. The molecule has 1 aromatic heterocycles. The highest BCUT2D eigenvalue weighted by Crippen LogP contribution is 2.15. The van der Waals surface area contributed by atoms with E-state index in [0.717, 1.165) is 11.3 Å². The molecule has 82 valence electrons. The molecule has 0 amide bonds. The second-order valence-electron chi connectivity index (χ2n) is 3.06. The molecule has 1 heterocycles. The van der Waals surface area contributed by atoms with Crippen LogP contribution < -0.4 is 4.74 Å². The highest BCUT2D eigenvalue weighted by atomic mass is 16.5. The summed E-state index contributed by atoms with van der Waals surface area (Å²) in [4.78, 5) is 0. The Morgan fingerprint density at radius 2 is 2.06 bits per heavy atom. The van der Waals surface area contributed by atoms with Gasteiger partial charge in [-0.15, -0.1) is 10.2 Å². The van der Waals surface area contributed by atoms with Crippen LogP contribution >= 0.6 is 0 Å². The Labute approximate surface area is 93.4 Å². The topological polar surface area (TPSA) is 52.3 Å². The van der Waals surface area contributed by atoms with E-state index in [1.807, 2.05) is 31.2 Å². The fourth-order valence-corrected chi connectivity index (χ4v) is 1.26. The summed E-state index contributed by atoms with van der Waals surface area (Å²) < 4.78 is 7.01. The van der Waals surface area contributed by atoms with Crippen LogP contribution in [0.4, 0.5) is 0 Å². The fraction of sp³-hybridized carbons (Fsp3) is 0.182. The van der Waals surface area contributed by atoms with Gasteiger partial charge < -0.3 is 4.74 Å². The Morgan fingerprint density at radius 3 is 2.81 bits per heavy atom. The molecule has 0 atom stereocenters. The number of para-hydroxylation sites is 1. The number of ether oxygens (including phenoxy) is 1. The molecule has 0 N–H and O–H groups in total. The number of hydrogen-bond donors (Lipinski definition) is 0. The fourth-order valence-electron chi connectivity index (χ4n) is 1.26. The SMILES string of the molecule is CCOc1ccccc1C=Nn1cnnc1. The maximum absolute atomic E-state index is 5.48. The molecule has 5 heteroatoms. The first-order valence-electron chi connectivity index (χ1n) is 5.01. The van der Waals surface area contributed by atoms with Gasteiger partial charge >= 0.3 is 0 Å². The minimum atomic E-state index is 0.636. The second-order valence-corrected chi connectivity index (χ2v) is 3.06. The molecular weight excluding hydrogens is 204 g/mol. The Morgan fingerprint density at radius 1 is 1.31 bits per heavy atom. The predicted molar refractivity (Wildman–Crippen MR) is 60.6 cm³/mol. The van der Waals surface area contributed by atoms with Crippen LogP contribution in [0.25, 0.3) is 0 Å². The summed E-state index contributed by atoms with van der Waals surface area (Å²) >= 11 is 0. The number of nitrogens with zero attached hydrogens (tertiary/aromatic N) is 4. The molecule has 0 radical (unpaired) electrons. The van der Waals surface area contributed by atoms with Crippen molar-refractivity contribution in [2.45, 2.75) is 6.92 Å². The normalized spacial score (nSPS) is 10.8. The number of rotatable bonds is 4. The van der Waals surface area contributed by atoms with Gasteiger partial charge in [0.25, 0.3) is 0 Å². The van der Waals surface area contributed by atoms with Gasteiger partial charge in [-0.3, -0.25) is 0 Å². The molecule has 0 bridgehead atoms. The molecule has 1 aromatic carbocycles. The molecule has 0 fully saturated rings. The quantitative estimate of drug-likeness (QED) is 0.729. The molecule has 2 aromatic rings. The summed E-state index contributed by atoms with van der Waals surface area (Å²) in [6, 6.07) is 7.73. The maximum atomic E-state index is 5.48. The van der Waals surface area contributed by atoms with Crippen molar-refractivity contribution >= 4 is 6.21 Å². The number of aromatic nitrogens is 3. The van der Waals surface area contributed by atoms with Gasteiger partial charge in [0.05, 0.1) is 12.8 Å². The van der Waals surface area contributed by atoms with Crippen molar-refractivity contribution in [1.82, 2.24) is 14.9 Å². The highest BCUT2D eigenvalue weighted by molar-refractivity contribution is 5.83. The van der Waals surface area contributed by atoms with Gasteiger partial charge in [0.1, 0.15) is 18.4 Å². The van der Waals surface area contributed by atoms with Crippen LogP contribution in [0, 0.1) is 0 Å². The van der Waals surface area contributed by atoms with Crippen LogP contribution in [0.2, 0.25) is 0 Å². The Hall–Kier alpha value is -2.17. The van der Waals surface area contributed by atoms with Crippen LogP contribution in [-0.2, 0) is 0 Å². The summed E-state index contributed by atoms with van der Waals surface area (Å²) in [5.74, 6) is 0.821. The minimum Gasteiger partial charge on any atom is -0.493 e. The Balaban J connectivity index is 2.20. The Kier molecular flexibility index (Phi) is 3.28. The molecule has 0 aliphatic rings. The first-order valence-corrected chi connectivity index (χ1v) is 5.01. The molecule has 0 aliphatic heterocycles. The van der Waals surface area contributed by atoms with E-state index in [0.29, 0.717) is 6.61 Å². The van der Waals surface area contributed by atoms with Gasteiger partial charge in [-0.2, -0.15) is 5.10 Å². The predicted octanol–water partition coefficient (Wildman–Crippen LogP) is 1.56. The van der Waals surface area contributed by atoms with E-state index in [-0.39, 0.29) is 0 Å². The van der Waals surface area contributed by atoms with Gasteiger partial charge in [0.15, 0.2) is 0 Å². The smallest absolute Gasteiger partial charge is 0.141 e. The lowest BCUT2D eigenvalue weighted by Crippen LogP contribution is -1.96. The zero-order chi connectivity index (χ0) is 11.2. The number of benzene rings is 1. The van der Waals surface area contributed by atoms with Crippen molar-refractivity contribution in [3.8, 4) is 5.75 Å². The average Bonchev–Trinajstić information content (AvgIpc) is 2.81. The third-order valence-corrected chi connectivity index (χ3v) is 1.96. The molecule has 0 aliphatic carbocycles. The van der Waals surface area contributed by atoms with E-state index in [9.17, 15) is 0 Å². The monoisotopic (exact) mass is 216 g/mol. The van der Waals surface area contributed by atoms with Crippen molar-refractivity contribution in [2.75, 3.05) is 6.61 Å². The van der Waals surface area contributed by atoms with Crippen LogP contribution in [0.5, 0.6) is 5.75 Å². The molecule has 16 heavy (non-hydrogen) atoms. The van der Waals surface area contributed by atoms with E-state index in [1.54, 1.807) is 6.21 Å². The van der Waals surface area contributed by atoms with Crippen molar-refractivity contribution in [2.24, 2.45) is 5.10 Å². The van der Waals surface area contributed by atoms with Gasteiger partial charge in [0, 0.05) is 5.56 Å². The lowest BCUT2D eigenvalue weighted by atomic mass is 10.2. The molecule has 0 unspecified atom stereocenters. The summed E-state index contributed by atoms with van der Waals surface area (Å²) in [5.41, 5.74) is 0.929. The standard InChI is InChI=1S/C11H12N4O/c1-2-16-11-6-4-3-5-10(11)7-14-15-8-12-13-9-15/h3-9H,2H2,1H3. The molecule has 0 saturated carbocycles. The third kappa shape index (κ3) is 2.44. The number of hydrogen-bond acceptors (Lipinski definition) is 4. The van der Waals surface area contributed by atoms with E-state index in [1.165, 1.54) is 17.3 Å². The third-order valence-electron chi connectivity index (χ3n) is 1.96. The van der Waals surface area contributed by atoms with E-state index in [4.69, 9.17) is 4.74 Å². The largest absolute Gasteiger partial charge is 0.493 e. The molecule has 5 nitrogen and oxygen atoms in total. The van der Waals surface area contributed by atoms with Gasteiger partial charge in [0.2, 0.25) is 0 Å². The van der Waals surface area contributed by atoms with Crippen LogP contribution in [0.3, 0.4) is 0 Å². The van der Waals surface area contributed by atoms with Gasteiger partial charge in [-0.05, 0) is 19.1 Å². The Bertz CT molecular complexity index is 465. The summed E-state index contributed by atoms with van der Waals surface area (Å²) in [7, 11) is 0. The molecule has 0 spiro atoms. The van der Waals surface area contributed by atoms with E-state index in [2.05, 4.69) is 15.3 Å². The minimum absolute atomic E-state index is 0.636. The molecule has 0 saturated heterocycles. The van der Waals surface area contributed by atoms with Crippen molar-refractivity contribution < 1.29 is 4.74 Å². The zero-order valence-corrected chi connectivity index (χ0v) is 8.95. The van der Waals surface area contributed by atoms with E-state index < -0.39 is 0 Å².